The van der Waals surface area contributed by atoms with Crippen molar-refractivity contribution in [3.63, 3.8) is 0 Å². The number of amides is 2. The molecule has 0 radical (unpaired) electrons. The zero-order valence-electron chi connectivity index (χ0n) is 16.2. The minimum atomic E-state index is -1.45. The second-order valence-electron chi connectivity index (χ2n) is 7.60. The van der Waals surface area contributed by atoms with Gasteiger partial charge in [-0.2, -0.15) is 0 Å². The Morgan fingerprint density at radius 1 is 1.17 bits per heavy atom. The van der Waals surface area contributed by atoms with E-state index in [1.165, 1.54) is 18.9 Å². The zero-order valence-corrected chi connectivity index (χ0v) is 18.6. The van der Waals surface area contributed by atoms with Crippen LogP contribution in [0.25, 0.3) is 0 Å². The molecule has 2 spiro atoms. The third kappa shape index (κ3) is 2.23. The molecule has 2 N–H and O–H groups in total. The first kappa shape index (κ1) is 19.6. The fraction of sp³-hybridized carbons (Fsp3) is 0.286. The van der Waals surface area contributed by atoms with Gasteiger partial charge < -0.3 is 15.4 Å². The quantitative estimate of drug-likeness (QED) is 0.601. The van der Waals surface area contributed by atoms with Crippen LogP contribution in [-0.2, 0) is 24.7 Å². The topological polar surface area (TPSA) is 87.7 Å². The second kappa shape index (κ2) is 6.57. The number of nitrogens with one attached hydrogen (secondary N) is 2. The lowest BCUT2D eigenvalue weighted by molar-refractivity contribution is -0.148. The van der Waals surface area contributed by atoms with E-state index in [1.807, 2.05) is 41.3 Å². The smallest absolute Gasteiger partial charge is 0.312 e. The minimum absolute atomic E-state index is 0.203. The number of anilines is 2. The van der Waals surface area contributed by atoms with Crippen molar-refractivity contribution in [3.8, 4) is 0 Å². The lowest BCUT2D eigenvalue weighted by Gasteiger charge is -2.46. The number of carbonyl (C=O) groups excluding carboxylic acids is 3. The fourth-order valence-electron chi connectivity index (χ4n) is 5.03. The van der Waals surface area contributed by atoms with Gasteiger partial charge in [-0.25, -0.2) is 0 Å². The lowest BCUT2D eigenvalue weighted by atomic mass is 9.73. The van der Waals surface area contributed by atoms with Crippen molar-refractivity contribution < 1.29 is 19.1 Å². The van der Waals surface area contributed by atoms with Crippen LogP contribution < -0.4 is 10.6 Å². The van der Waals surface area contributed by atoms with Crippen molar-refractivity contribution in [3.05, 3.63) is 52.5 Å². The molecular formula is C21H18BrN3O4S. The van der Waals surface area contributed by atoms with Gasteiger partial charge in [0.2, 0.25) is 5.91 Å². The molecule has 2 amide bonds. The van der Waals surface area contributed by atoms with Gasteiger partial charge in [-0.15, -0.1) is 11.8 Å². The zero-order chi connectivity index (χ0) is 21.3. The molecular weight excluding hydrogens is 470 g/mol. The standard InChI is InChI=1S/C21H18BrN3O4S/c1-25-10-13(17(26)29-2)21(19(28)24-15-5-3-4-6-16(15)30-21)20(25)12-9-11(22)7-8-14(12)23-18(20)27/h3-9,13H,10H2,1-2H3,(H,23,27)(H,24,28)/t13-,20+,21-/m0/s1. The minimum Gasteiger partial charge on any atom is -0.469 e. The van der Waals surface area contributed by atoms with Crippen molar-refractivity contribution >= 4 is 56.9 Å². The molecule has 154 valence electrons. The first-order valence-electron chi connectivity index (χ1n) is 9.36. The SMILES string of the molecule is COC(=O)[C@@H]1CN(C)[C@]2(C(=O)Nc3ccc(Br)cc32)[C@]12Sc1ccccc1NC2=O. The summed E-state index contributed by atoms with van der Waals surface area (Å²) in [5.74, 6) is -2.07. The van der Waals surface area contributed by atoms with E-state index in [0.717, 1.165) is 9.37 Å². The monoisotopic (exact) mass is 487 g/mol. The van der Waals surface area contributed by atoms with E-state index in [-0.39, 0.29) is 18.4 Å². The number of hydrogen-bond donors (Lipinski definition) is 2. The number of rotatable bonds is 1. The Hall–Kier alpha value is -2.36. The molecule has 1 saturated heterocycles. The summed E-state index contributed by atoms with van der Waals surface area (Å²) in [7, 11) is 3.08. The molecule has 0 aromatic heterocycles. The predicted molar refractivity (Wildman–Crippen MR) is 116 cm³/mol. The number of benzene rings is 2. The third-order valence-corrected chi connectivity index (χ3v) is 8.39. The number of ether oxygens (including phenoxy) is 1. The van der Waals surface area contributed by atoms with E-state index < -0.39 is 22.2 Å². The Labute approximate surface area is 185 Å². The van der Waals surface area contributed by atoms with Crippen LogP contribution in [0.3, 0.4) is 0 Å². The van der Waals surface area contributed by atoms with Gasteiger partial charge in [0.15, 0.2) is 5.54 Å². The summed E-state index contributed by atoms with van der Waals surface area (Å²) in [6, 6.07) is 12.9. The highest BCUT2D eigenvalue weighted by Crippen LogP contribution is 2.64. The van der Waals surface area contributed by atoms with Crippen molar-refractivity contribution in [1.29, 1.82) is 0 Å². The number of hydrogen-bond acceptors (Lipinski definition) is 6. The number of thioether (sulfide) groups is 1. The molecule has 30 heavy (non-hydrogen) atoms. The Kier molecular flexibility index (Phi) is 4.29. The number of para-hydroxylation sites is 1. The van der Waals surface area contributed by atoms with Crippen LogP contribution in [0, 0.1) is 5.92 Å². The molecule has 0 aliphatic carbocycles. The van der Waals surface area contributed by atoms with E-state index in [4.69, 9.17) is 4.74 Å². The summed E-state index contributed by atoms with van der Waals surface area (Å²) in [6.45, 7) is 0.203. The van der Waals surface area contributed by atoms with Gasteiger partial charge in [0.25, 0.3) is 5.91 Å². The molecule has 9 heteroatoms. The Bertz CT molecular complexity index is 1130. The normalized spacial score (nSPS) is 29.5. The molecule has 5 rings (SSSR count). The number of nitrogens with zero attached hydrogens (tertiary/aromatic N) is 1. The average Bonchev–Trinajstić information content (AvgIpc) is 3.17. The van der Waals surface area contributed by atoms with E-state index in [0.29, 0.717) is 16.9 Å². The van der Waals surface area contributed by atoms with Crippen molar-refractivity contribution in [2.75, 3.05) is 31.3 Å². The Morgan fingerprint density at radius 3 is 2.67 bits per heavy atom. The molecule has 2 aromatic carbocycles. The van der Waals surface area contributed by atoms with Gasteiger partial charge in [0, 0.05) is 27.2 Å². The molecule has 1 fully saturated rings. The van der Waals surface area contributed by atoms with Crippen LogP contribution in [0.1, 0.15) is 5.56 Å². The summed E-state index contributed by atoms with van der Waals surface area (Å²) in [5, 5.41) is 5.89. The lowest BCUT2D eigenvalue weighted by Crippen LogP contribution is -2.65. The maximum absolute atomic E-state index is 13.8. The van der Waals surface area contributed by atoms with Gasteiger partial charge in [0.1, 0.15) is 4.75 Å². The largest absolute Gasteiger partial charge is 0.469 e. The number of esters is 1. The van der Waals surface area contributed by atoms with Crippen LogP contribution >= 0.6 is 27.7 Å². The fourth-order valence-corrected chi connectivity index (χ4v) is 7.07. The van der Waals surface area contributed by atoms with Crippen molar-refractivity contribution in [2.24, 2.45) is 5.92 Å². The number of halogens is 1. The highest BCUT2D eigenvalue weighted by atomic mass is 79.9. The number of methoxy groups -OCH3 is 1. The van der Waals surface area contributed by atoms with Gasteiger partial charge in [-0.3, -0.25) is 19.3 Å². The van der Waals surface area contributed by atoms with Crippen LogP contribution in [0.4, 0.5) is 11.4 Å². The molecule has 3 atom stereocenters. The highest BCUT2D eigenvalue weighted by molar-refractivity contribution is 9.10. The molecule has 0 bridgehead atoms. The molecule has 3 heterocycles. The summed E-state index contributed by atoms with van der Waals surface area (Å²) in [5.41, 5.74) is 0.581. The number of carbonyl (C=O) groups is 3. The average molecular weight is 488 g/mol. The maximum atomic E-state index is 13.8. The molecule has 0 saturated carbocycles. The highest BCUT2D eigenvalue weighted by Gasteiger charge is 2.77. The van der Waals surface area contributed by atoms with Gasteiger partial charge in [-0.1, -0.05) is 28.1 Å². The molecule has 3 aliphatic heterocycles. The van der Waals surface area contributed by atoms with E-state index in [1.54, 1.807) is 13.1 Å². The molecule has 2 aromatic rings. The van der Waals surface area contributed by atoms with Gasteiger partial charge in [0.05, 0.1) is 18.7 Å². The van der Waals surface area contributed by atoms with Crippen LogP contribution in [-0.4, -0.2) is 48.1 Å². The molecule has 7 nitrogen and oxygen atoms in total. The number of likely N-dealkylation sites (N-methyl/N-ethyl adjacent to an activating group) is 1. The predicted octanol–water partition coefficient (Wildman–Crippen LogP) is 2.81. The third-order valence-electron chi connectivity index (χ3n) is 6.23. The first-order valence-corrected chi connectivity index (χ1v) is 11.0. The number of likely N-dealkylation sites (tertiary alicyclic amines) is 1. The molecule has 3 aliphatic rings. The summed E-state index contributed by atoms with van der Waals surface area (Å²) in [6.07, 6.45) is 0. The van der Waals surface area contributed by atoms with Crippen LogP contribution in [0.2, 0.25) is 0 Å². The summed E-state index contributed by atoms with van der Waals surface area (Å²) >= 11 is 4.76. The second-order valence-corrected chi connectivity index (χ2v) is 9.80. The summed E-state index contributed by atoms with van der Waals surface area (Å²) < 4.78 is 4.43. The van der Waals surface area contributed by atoms with Gasteiger partial charge in [-0.05, 0) is 37.4 Å². The van der Waals surface area contributed by atoms with Crippen LogP contribution in [0.5, 0.6) is 0 Å². The summed E-state index contributed by atoms with van der Waals surface area (Å²) in [4.78, 5) is 43.0. The van der Waals surface area contributed by atoms with Gasteiger partial charge >= 0.3 is 5.97 Å². The van der Waals surface area contributed by atoms with E-state index in [2.05, 4.69) is 26.6 Å². The Balaban J connectivity index is 1.84. The van der Waals surface area contributed by atoms with Crippen LogP contribution in [0.15, 0.2) is 51.8 Å². The van der Waals surface area contributed by atoms with Crippen molar-refractivity contribution in [2.45, 2.75) is 15.2 Å². The number of fused-ring (bicyclic) bond motifs is 4. The van der Waals surface area contributed by atoms with Crippen molar-refractivity contribution in [1.82, 2.24) is 4.90 Å². The first-order chi connectivity index (χ1) is 14.4. The maximum Gasteiger partial charge on any atom is 0.312 e. The van der Waals surface area contributed by atoms with E-state index >= 15 is 0 Å². The molecule has 0 unspecified atom stereocenters. The van der Waals surface area contributed by atoms with E-state index in [9.17, 15) is 14.4 Å². The Morgan fingerprint density at radius 2 is 1.90 bits per heavy atom.